The van der Waals surface area contributed by atoms with Crippen LogP contribution in [0.3, 0.4) is 0 Å². The summed E-state index contributed by atoms with van der Waals surface area (Å²) >= 11 is 0. The van der Waals surface area contributed by atoms with Gasteiger partial charge in [-0.15, -0.1) is 0 Å². The first-order valence-electron chi connectivity index (χ1n) is 7.07. The monoisotopic (exact) mass is 252 g/mol. The van der Waals surface area contributed by atoms with Gasteiger partial charge in [0.25, 0.3) is 0 Å². The zero-order valence-electron chi connectivity index (χ0n) is 11.3. The third-order valence-corrected chi connectivity index (χ3v) is 4.27. The molecule has 0 heterocycles. The highest BCUT2D eigenvalue weighted by Gasteiger charge is 2.21. The lowest BCUT2D eigenvalue weighted by molar-refractivity contribution is 0.286. The van der Waals surface area contributed by atoms with E-state index in [4.69, 9.17) is 0 Å². The Morgan fingerprint density at radius 2 is 1.56 bits per heavy atom. The number of rotatable bonds is 3. The number of hydrogen-bond acceptors (Lipinski definition) is 0. The predicted octanol–water partition coefficient (Wildman–Crippen LogP) is 4.90. The molecule has 100 valence electrons. The minimum absolute atomic E-state index is 0.480. The fourth-order valence-corrected chi connectivity index (χ4v) is 2.90. The van der Waals surface area contributed by atoms with Crippen LogP contribution in [0.5, 0.6) is 0 Å². The molecule has 1 aromatic carbocycles. The summed E-state index contributed by atoms with van der Waals surface area (Å²) in [6, 6.07) is 3.51. The van der Waals surface area contributed by atoms with E-state index in [1.807, 2.05) is 6.92 Å². The Morgan fingerprint density at radius 3 is 2.17 bits per heavy atom. The fourth-order valence-electron chi connectivity index (χ4n) is 2.90. The fraction of sp³-hybridized carbons (Fsp3) is 0.625. The molecule has 18 heavy (non-hydrogen) atoms. The van der Waals surface area contributed by atoms with Crippen molar-refractivity contribution in [2.24, 2.45) is 11.8 Å². The molecule has 2 rings (SSSR count). The van der Waals surface area contributed by atoms with Crippen LogP contribution >= 0.6 is 0 Å². The van der Waals surface area contributed by atoms with Gasteiger partial charge in [-0.2, -0.15) is 0 Å². The predicted molar refractivity (Wildman–Crippen MR) is 70.6 cm³/mol. The number of halogens is 2. The smallest absolute Gasteiger partial charge is 0.162 e. The van der Waals surface area contributed by atoms with Crippen molar-refractivity contribution in [3.63, 3.8) is 0 Å². The Kier molecular flexibility index (Phi) is 4.36. The molecule has 0 nitrogen and oxygen atoms in total. The lowest BCUT2D eigenvalue weighted by Crippen LogP contribution is -2.15. The standard InChI is InChI=1S/C16H22F2/c1-3-13-8-9-14(16(18)15(13)17)10-12-6-4-11(2)5-7-12/h8-9,11-12H,3-7,10H2,1-2H3. The molecule has 1 aliphatic rings. The summed E-state index contributed by atoms with van der Waals surface area (Å²) in [5, 5.41) is 0. The van der Waals surface area contributed by atoms with Gasteiger partial charge in [0.2, 0.25) is 0 Å². The first-order valence-corrected chi connectivity index (χ1v) is 7.07. The van der Waals surface area contributed by atoms with Crippen molar-refractivity contribution in [3.05, 3.63) is 34.9 Å². The van der Waals surface area contributed by atoms with Crippen LogP contribution < -0.4 is 0 Å². The van der Waals surface area contributed by atoms with Gasteiger partial charge in [0.15, 0.2) is 11.6 Å². The molecule has 0 N–H and O–H groups in total. The largest absolute Gasteiger partial charge is 0.203 e. The van der Waals surface area contributed by atoms with E-state index in [9.17, 15) is 8.78 Å². The Morgan fingerprint density at radius 1 is 1.00 bits per heavy atom. The van der Waals surface area contributed by atoms with Gasteiger partial charge in [-0.25, -0.2) is 8.78 Å². The second kappa shape index (κ2) is 5.81. The summed E-state index contributed by atoms with van der Waals surface area (Å²) in [5.41, 5.74) is 1.04. The summed E-state index contributed by atoms with van der Waals surface area (Å²) in [6.07, 6.45) is 5.99. The van der Waals surface area contributed by atoms with Crippen LogP contribution in [0.4, 0.5) is 8.78 Å². The van der Waals surface area contributed by atoms with Crippen molar-refractivity contribution < 1.29 is 8.78 Å². The average molecular weight is 252 g/mol. The maximum Gasteiger partial charge on any atom is 0.162 e. The molecule has 2 heteroatoms. The van der Waals surface area contributed by atoms with E-state index in [0.29, 0.717) is 29.9 Å². The highest BCUT2D eigenvalue weighted by molar-refractivity contribution is 5.26. The summed E-state index contributed by atoms with van der Waals surface area (Å²) in [6.45, 7) is 4.12. The Labute approximate surface area is 108 Å². The molecule has 1 aromatic rings. The van der Waals surface area contributed by atoms with Crippen LogP contribution in [0.2, 0.25) is 0 Å². The van der Waals surface area contributed by atoms with Crippen molar-refractivity contribution in [1.82, 2.24) is 0 Å². The average Bonchev–Trinajstić information content (AvgIpc) is 2.38. The number of benzene rings is 1. The van der Waals surface area contributed by atoms with Crippen LogP contribution in [0.1, 0.15) is 50.7 Å². The normalized spacial score (nSPS) is 24.2. The molecule has 0 saturated heterocycles. The zero-order valence-corrected chi connectivity index (χ0v) is 11.3. The van der Waals surface area contributed by atoms with Gasteiger partial charge in [0.1, 0.15) is 0 Å². The lowest BCUT2D eigenvalue weighted by Gasteiger charge is -2.26. The molecule has 0 bridgehead atoms. The van der Waals surface area contributed by atoms with Crippen molar-refractivity contribution >= 4 is 0 Å². The van der Waals surface area contributed by atoms with E-state index in [1.54, 1.807) is 12.1 Å². The molecule has 0 radical (unpaired) electrons. The minimum Gasteiger partial charge on any atom is -0.203 e. The van der Waals surface area contributed by atoms with E-state index in [1.165, 1.54) is 12.8 Å². The quantitative estimate of drug-likeness (QED) is 0.718. The van der Waals surface area contributed by atoms with E-state index < -0.39 is 11.6 Å². The van der Waals surface area contributed by atoms with Crippen LogP contribution in [-0.2, 0) is 12.8 Å². The van der Waals surface area contributed by atoms with E-state index in [2.05, 4.69) is 6.92 Å². The zero-order chi connectivity index (χ0) is 13.1. The third-order valence-electron chi connectivity index (χ3n) is 4.27. The van der Waals surface area contributed by atoms with Crippen LogP contribution in [0, 0.1) is 23.5 Å². The lowest BCUT2D eigenvalue weighted by atomic mass is 9.80. The van der Waals surface area contributed by atoms with Gasteiger partial charge in [-0.3, -0.25) is 0 Å². The molecule has 1 aliphatic carbocycles. The second-order valence-electron chi connectivity index (χ2n) is 5.70. The summed E-state index contributed by atoms with van der Waals surface area (Å²) < 4.78 is 27.6. The molecule has 0 amide bonds. The molecular formula is C16H22F2. The number of aryl methyl sites for hydroxylation is 1. The molecule has 0 aromatic heterocycles. The van der Waals surface area contributed by atoms with Gasteiger partial charge in [-0.05, 0) is 48.6 Å². The number of hydrogen-bond donors (Lipinski definition) is 0. The van der Waals surface area contributed by atoms with Crippen LogP contribution in [0.25, 0.3) is 0 Å². The molecular weight excluding hydrogens is 230 g/mol. The van der Waals surface area contributed by atoms with Gasteiger partial charge >= 0.3 is 0 Å². The van der Waals surface area contributed by atoms with Crippen molar-refractivity contribution in [1.29, 1.82) is 0 Å². The molecule has 0 aliphatic heterocycles. The molecule has 0 atom stereocenters. The molecule has 0 spiro atoms. The van der Waals surface area contributed by atoms with Crippen molar-refractivity contribution in [2.45, 2.75) is 52.4 Å². The van der Waals surface area contributed by atoms with E-state index >= 15 is 0 Å². The summed E-state index contributed by atoms with van der Waals surface area (Å²) in [7, 11) is 0. The van der Waals surface area contributed by atoms with Crippen LogP contribution in [0.15, 0.2) is 12.1 Å². The van der Waals surface area contributed by atoms with Crippen molar-refractivity contribution in [3.8, 4) is 0 Å². The molecule has 1 fully saturated rings. The Bertz CT molecular complexity index is 404. The summed E-state index contributed by atoms with van der Waals surface area (Å²) in [4.78, 5) is 0. The maximum atomic E-state index is 13.9. The maximum absolute atomic E-state index is 13.9. The van der Waals surface area contributed by atoms with Gasteiger partial charge in [0, 0.05) is 0 Å². The second-order valence-corrected chi connectivity index (χ2v) is 5.70. The minimum atomic E-state index is -0.640. The van der Waals surface area contributed by atoms with Gasteiger partial charge in [-0.1, -0.05) is 38.8 Å². The van der Waals surface area contributed by atoms with Gasteiger partial charge < -0.3 is 0 Å². The molecule has 1 saturated carbocycles. The van der Waals surface area contributed by atoms with E-state index in [-0.39, 0.29) is 0 Å². The topological polar surface area (TPSA) is 0 Å². The SMILES string of the molecule is CCc1ccc(CC2CCC(C)CC2)c(F)c1F. The van der Waals surface area contributed by atoms with Crippen molar-refractivity contribution in [2.75, 3.05) is 0 Å². The first-order chi connectivity index (χ1) is 8.61. The Hall–Kier alpha value is -0.920. The molecule has 0 unspecified atom stereocenters. The highest BCUT2D eigenvalue weighted by Crippen LogP contribution is 2.31. The highest BCUT2D eigenvalue weighted by atomic mass is 19.2. The first kappa shape index (κ1) is 13.5. The van der Waals surface area contributed by atoms with Crippen LogP contribution in [-0.4, -0.2) is 0 Å². The van der Waals surface area contributed by atoms with E-state index in [0.717, 1.165) is 18.8 Å². The third kappa shape index (κ3) is 2.90. The Balaban J connectivity index is 2.08. The summed E-state index contributed by atoms with van der Waals surface area (Å²) in [5.74, 6) is 0.0695. The van der Waals surface area contributed by atoms with Gasteiger partial charge in [0.05, 0.1) is 0 Å².